The number of methoxy groups -OCH3 is 1. The van der Waals surface area contributed by atoms with E-state index < -0.39 is 12.0 Å². The van der Waals surface area contributed by atoms with Crippen LogP contribution in [0.15, 0.2) is 42.5 Å². The van der Waals surface area contributed by atoms with Crippen LogP contribution in [-0.4, -0.2) is 18.2 Å². The Morgan fingerprint density at radius 1 is 1.10 bits per heavy atom. The maximum absolute atomic E-state index is 11.6. The van der Waals surface area contributed by atoms with Crippen molar-refractivity contribution in [2.24, 2.45) is 0 Å². The molecule has 4 heteroatoms. The summed E-state index contributed by atoms with van der Waals surface area (Å²) in [6.07, 6.45) is 0. The topological polar surface area (TPSA) is 58.6 Å². The Morgan fingerprint density at radius 2 is 1.67 bits per heavy atom. The molecule has 0 saturated carbocycles. The average Bonchev–Trinajstić information content (AvgIpc) is 2.46. The molecule has 0 aliphatic heterocycles. The molecular weight excluding hydrogens is 266 g/mol. The van der Waals surface area contributed by atoms with Crippen LogP contribution < -0.4 is 10.1 Å². The van der Waals surface area contributed by atoms with Gasteiger partial charge in [0.1, 0.15) is 5.75 Å². The first-order chi connectivity index (χ1) is 10.0. The molecule has 21 heavy (non-hydrogen) atoms. The summed E-state index contributed by atoms with van der Waals surface area (Å²) in [7, 11) is 1.60. The van der Waals surface area contributed by atoms with Gasteiger partial charge in [0.25, 0.3) is 0 Å². The summed E-state index contributed by atoms with van der Waals surface area (Å²) in [5, 5.41) is 12.6. The molecule has 0 heterocycles. The number of aryl methyl sites for hydroxylation is 2. The van der Waals surface area contributed by atoms with E-state index in [2.05, 4.69) is 5.32 Å². The number of rotatable bonds is 5. The van der Waals surface area contributed by atoms with Crippen LogP contribution in [0.1, 0.15) is 22.7 Å². The first-order valence-corrected chi connectivity index (χ1v) is 6.72. The lowest BCUT2D eigenvalue weighted by molar-refractivity contribution is -0.138. The molecule has 0 saturated heterocycles. The second-order valence-corrected chi connectivity index (χ2v) is 4.95. The van der Waals surface area contributed by atoms with Crippen LogP contribution >= 0.6 is 0 Å². The second kappa shape index (κ2) is 6.31. The molecule has 2 aromatic carbocycles. The molecule has 0 aliphatic carbocycles. The molecule has 0 bridgehead atoms. The van der Waals surface area contributed by atoms with E-state index in [-0.39, 0.29) is 0 Å². The van der Waals surface area contributed by atoms with Crippen molar-refractivity contribution >= 4 is 11.7 Å². The smallest absolute Gasteiger partial charge is 0.330 e. The quantitative estimate of drug-likeness (QED) is 0.882. The van der Waals surface area contributed by atoms with E-state index in [0.717, 1.165) is 28.1 Å². The van der Waals surface area contributed by atoms with Crippen molar-refractivity contribution < 1.29 is 14.6 Å². The van der Waals surface area contributed by atoms with Crippen molar-refractivity contribution in [2.75, 3.05) is 12.4 Å². The summed E-state index contributed by atoms with van der Waals surface area (Å²) in [5.41, 5.74) is 3.47. The molecule has 2 N–H and O–H groups in total. The number of anilines is 1. The van der Waals surface area contributed by atoms with Gasteiger partial charge in [-0.1, -0.05) is 18.2 Å². The number of benzene rings is 2. The van der Waals surface area contributed by atoms with E-state index in [0.29, 0.717) is 0 Å². The Bertz CT molecular complexity index is 615. The van der Waals surface area contributed by atoms with Crippen molar-refractivity contribution in [1.82, 2.24) is 0 Å². The fraction of sp³-hybridized carbons (Fsp3) is 0.235. The Kier molecular flexibility index (Phi) is 4.48. The van der Waals surface area contributed by atoms with Crippen LogP contribution in [0, 0.1) is 13.8 Å². The summed E-state index contributed by atoms with van der Waals surface area (Å²) in [6.45, 7) is 3.85. The van der Waals surface area contributed by atoms with Gasteiger partial charge in [-0.2, -0.15) is 0 Å². The first-order valence-electron chi connectivity index (χ1n) is 6.72. The summed E-state index contributed by atoms with van der Waals surface area (Å²) >= 11 is 0. The third-order valence-corrected chi connectivity index (χ3v) is 3.48. The van der Waals surface area contributed by atoms with Gasteiger partial charge in [-0.3, -0.25) is 0 Å². The Hall–Kier alpha value is -2.49. The van der Waals surface area contributed by atoms with Crippen LogP contribution in [-0.2, 0) is 4.79 Å². The van der Waals surface area contributed by atoms with Crippen LogP contribution in [0.4, 0.5) is 5.69 Å². The zero-order valence-corrected chi connectivity index (χ0v) is 12.4. The van der Waals surface area contributed by atoms with Crippen molar-refractivity contribution in [3.8, 4) is 5.75 Å². The van der Waals surface area contributed by atoms with Crippen LogP contribution in [0.3, 0.4) is 0 Å². The minimum Gasteiger partial charge on any atom is -0.497 e. The van der Waals surface area contributed by atoms with Crippen LogP contribution in [0.2, 0.25) is 0 Å². The molecule has 1 unspecified atom stereocenters. The zero-order valence-electron chi connectivity index (χ0n) is 12.4. The number of carbonyl (C=O) groups is 1. The highest BCUT2D eigenvalue weighted by Crippen LogP contribution is 2.26. The second-order valence-electron chi connectivity index (χ2n) is 4.95. The highest BCUT2D eigenvalue weighted by atomic mass is 16.5. The predicted molar refractivity (Wildman–Crippen MR) is 82.9 cm³/mol. The van der Waals surface area contributed by atoms with Gasteiger partial charge < -0.3 is 15.2 Å². The number of ether oxygens (including phenoxy) is 1. The molecule has 4 nitrogen and oxygen atoms in total. The highest BCUT2D eigenvalue weighted by molar-refractivity contribution is 5.80. The molecule has 0 amide bonds. The fourth-order valence-corrected chi connectivity index (χ4v) is 2.39. The molecule has 0 radical (unpaired) electrons. The van der Waals surface area contributed by atoms with E-state index in [4.69, 9.17) is 4.74 Å². The minimum atomic E-state index is -0.900. The van der Waals surface area contributed by atoms with Crippen molar-refractivity contribution in [1.29, 1.82) is 0 Å². The van der Waals surface area contributed by atoms with Gasteiger partial charge in [0.15, 0.2) is 6.04 Å². The van der Waals surface area contributed by atoms with E-state index in [1.165, 1.54) is 0 Å². The monoisotopic (exact) mass is 285 g/mol. The summed E-state index contributed by atoms with van der Waals surface area (Å²) in [6, 6.07) is 12.2. The number of carboxylic acid groups (broad SMARTS) is 1. The van der Waals surface area contributed by atoms with Crippen molar-refractivity contribution in [2.45, 2.75) is 19.9 Å². The van der Waals surface area contributed by atoms with Crippen molar-refractivity contribution in [3.63, 3.8) is 0 Å². The SMILES string of the molecule is COc1ccc(NC(C(=O)O)c2c(C)cccc2C)cc1. The molecule has 2 rings (SSSR count). The van der Waals surface area contributed by atoms with Gasteiger partial charge >= 0.3 is 5.97 Å². The fourth-order valence-electron chi connectivity index (χ4n) is 2.39. The lowest BCUT2D eigenvalue weighted by Gasteiger charge is -2.20. The Balaban J connectivity index is 2.33. The van der Waals surface area contributed by atoms with Crippen molar-refractivity contribution in [3.05, 3.63) is 59.2 Å². The predicted octanol–water partition coefficient (Wildman–Crippen LogP) is 3.55. The lowest BCUT2D eigenvalue weighted by atomic mass is 9.96. The van der Waals surface area contributed by atoms with E-state index in [1.54, 1.807) is 19.2 Å². The number of aliphatic carboxylic acids is 1. The van der Waals surface area contributed by atoms with E-state index >= 15 is 0 Å². The largest absolute Gasteiger partial charge is 0.497 e. The van der Waals surface area contributed by atoms with Gasteiger partial charge in [-0.25, -0.2) is 4.79 Å². The third-order valence-electron chi connectivity index (χ3n) is 3.48. The molecule has 2 aromatic rings. The molecule has 0 aromatic heterocycles. The maximum atomic E-state index is 11.6. The number of hydrogen-bond acceptors (Lipinski definition) is 3. The Morgan fingerprint density at radius 3 is 2.14 bits per heavy atom. The van der Waals surface area contributed by atoms with Crippen LogP contribution in [0.25, 0.3) is 0 Å². The van der Waals surface area contributed by atoms with Gasteiger partial charge in [-0.15, -0.1) is 0 Å². The van der Waals surface area contributed by atoms with E-state index in [1.807, 2.05) is 44.2 Å². The normalized spacial score (nSPS) is 11.8. The van der Waals surface area contributed by atoms with Gasteiger partial charge in [0, 0.05) is 5.69 Å². The minimum absolute atomic E-state index is 0.736. The maximum Gasteiger partial charge on any atom is 0.330 e. The zero-order chi connectivity index (χ0) is 15.4. The first kappa shape index (κ1) is 14.9. The average molecular weight is 285 g/mol. The summed E-state index contributed by atoms with van der Waals surface area (Å²) in [5.74, 6) is -0.164. The van der Waals surface area contributed by atoms with Gasteiger partial charge in [0.2, 0.25) is 0 Å². The summed E-state index contributed by atoms with van der Waals surface area (Å²) < 4.78 is 5.10. The molecule has 1 atom stereocenters. The highest BCUT2D eigenvalue weighted by Gasteiger charge is 2.23. The molecular formula is C17H19NO3. The van der Waals surface area contributed by atoms with Crippen LogP contribution in [0.5, 0.6) is 5.75 Å². The number of hydrogen-bond donors (Lipinski definition) is 2. The molecule has 110 valence electrons. The van der Waals surface area contributed by atoms with Gasteiger partial charge in [-0.05, 0) is 54.8 Å². The Labute approximate surface area is 124 Å². The molecule has 0 aliphatic rings. The number of nitrogens with one attached hydrogen (secondary N) is 1. The summed E-state index contributed by atoms with van der Waals surface area (Å²) in [4.78, 5) is 11.6. The standard InChI is InChI=1S/C17H19NO3/c1-11-5-4-6-12(2)15(11)16(17(19)20)18-13-7-9-14(21-3)10-8-13/h4-10,16,18H,1-3H3,(H,19,20). The van der Waals surface area contributed by atoms with E-state index in [9.17, 15) is 9.90 Å². The van der Waals surface area contributed by atoms with Gasteiger partial charge in [0.05, 0.1) is 7.11 Å². The lowest BCUT2D eigenvalue weighted by Crippen LogP contribution is -2.22. The third kappa shape index (κ3) is 3.34. The molecule has 0 fully saturated rings. The molecule has 0 spiro atoms. The number of carboxylic acids is 1.